The minimum atomic E-state index is -0.243. The number of hydrogen-bond acceptors (Lipinski definition) is 2. The maximum atomic E-state index is 12.8. The van der Waals surface area contributed by atoms with E-state index < -0.39 is 0 Å². The molecule has 1 N–H and O–H groups in total. The Morgan fingerprint density at radius 3 is 2.56 bits per heavy atom. The molecular weight excluding hydrogens is 227 g/mol. The van der Waals surface area contributed by atoms with Crippen LogP contribution in [0.5, 0.6) is 0 Å². The summed E-state index contributed by atoms with van der Waals surface area (Å²) >= 11 is 0. The molecule has 0 radical (unpaired) electrons. The molecule has 0 atom stereocenters. The van der Waals surface area contributed by atoms with E-state index in [0.717, 1.165) is 16.8 Å². The lowest BCUT2D eigenvalue weighted by atomic mass is 10.1. The average molecular weight is 240 g/mol. The molecule has 0 amide bonds. The number of halogens is 1. The van der Waals surface area contributed by atoms with Crippen molar-refractivity contribution in [1.82, 2.24) is 0 Å². The van der Waals surface area contributed by atoms with Crippen LogP contribution in [-0.4, -0.2) is 0 Å². The van der Waals surface area contributed by atoms with Crippen molar-refractivity contribution < 1.29 is 4.39 Å². The van der Waals surface area contributed by atoms with E-state index in [9.17, 15) is 4.39 Å². The quantitative estimate of drug-likeness (QED) is 0.889. The van der Waals surface area contributed by atoms with Crippen molar-refractivity contribution in [3.63, 3.8) is 0 Å². The molecule has 0 aromatic heterocycles. The van der Waals surface area contributed by atoms with Gasteiger partial charge in [-0.05, 0) is 36.2 Å². The highest BCUT2D eigenvalue weighted by atomic mass is 19.1. The number of benzene rings is 2. The van der Waals surface area contributed by atoms with Gasteiger partial charge < -0.3 is 5.32 Å². The van der Waals surface area contributed by atoms with Crippen LogP contribution < -0.4 is 5.32 Å². The third kappa shape index (κ3) is 2.67. The van der Waals surface area contributed by atoms with Gasteiger partial charge in [0.05, 0.1) is 11.3 Å². The second-order valence-corrected chi connectivity index (χ2v) is 4.09. The summed E-state index contributed by atoms with van der Waals surface area (Å²) in [4.78, 5) is 0. The second-order valence-electron chi connectivity index (χ2n) is 4.09. The number of nitrogens with one attached hydrogen (secondary N) is 1. The molecule has 2 aromatic rings. The van der Waals surface area contributed by atoms with Crippen molar-refractivity contribution >= 4 is 5.69 Å². The largest absolute Gasteiger partial charge is 0.380 e. The first-order valence-electron chi connectivity index (χ1n) is 5.69. The lowest BCUT2D eigenvalue weighted by Crippen LogP contribution is -2.03. The van der Waals surface area contributed by atoms with Crippen LogP contribution in [0.25, 0.3) is 0 Å². The molecular formula is C15H13FN2. The number of anilines is 1. The summed E-state index contributed by atoms with van der Waals surface area (Å²) in [5.41, 5.74) is 3.46. The standard InChI is InChI=1S/C15H13FN2/c1-11-3-2-4-13(9-17)15(11)18-10-12-5-7-14(16)8-6-12/h2-8,18H,10H2,1H3. The Morgan fingerprint density at radius 2 is 1.89 bits per heavy atom. The molecule has 0 spiro atoms. The van der Waals surface area contributed by atoms with Gasteiger partial charge in [0.25, 0.3) is 0 Å². The molecule has 0 saturated heterocycles. The first-order chi connectivity index (χ1) is 8.70. The van der Waals surface area contributed by atoms with Crippen molar-refractivity contribution in [2.45, 2.75) is 13.5 Å². The third-order valence-corrected chi connectivity index (χ3v) is 2.78. The maximum Gasteiger partial charge on any atom is 0.123 e. The molecule has 0 saturated carbocycles. The van der Waals surface area contributed by atoms with Crippen LogP contribution in [-0.2, 0) is 6.54 Å². The van der Waals surface area contributed by atoms with Crippen molar-refractivity contribution in [1.29, 1.82) is 5.26 Å². The van der Waals surface area contributed by atoms with E-state index in [1.54, 1.807) is 18.2 Å². The fourth-order valence-electron chi connectivity index (χ4n) is 1.79. The number of aryl methyl sites for hydroxylation is 1. The summed E-state index contributed by atoms with van der Waals surface area (Å²) < 4.78 is 12.8. The van der Waals surface area contributed by atoms with E-state index in [-0.39, 0.29) is 5.82 Å². The zero-order valence-corrected chi connectivity index (χ0v) is 10.1. The number of nitrogens with zero attached hydrogens (tertiary/aromatic N) is 1. The summed E-state index contributed by atoms with van der Waals surface area (Å²) in [6, 6.07) is 14.1. The lowest BCUT2D eigenvalue weighted by Gasteiger charge is -2.11. The van der Waals surface area contributed by atoms with Crippen LogP contribution in [0.15, 0.2) is 42.5 Å². The molecule has 3 heteroatoms. The minimum absolute atomic E-state index is 0.243. The van der Waals surface area contributed by atoms with Gasteiger partial charge in [0.2, 0.25) is 0 Å². The fourth-order valence-corrected chi connectivity index (χ4v) is 1.79. The van der Waals surface area contributed by atoms with Gasteiger partial charge in [0.1, 0.15) is 11.9 Å². The molecule has 0 aliphatic rings. The van der Waals surface area contributed by atoms with Gasteiger partial charge in [-0.25, -0.2) is 4.39 Å². The number of nitriles is 1. The number of rotatable bonds is 3. The van der Waals surface area contributed by atoms with Gasteiger partial charge in [-0.15, -0.1) is 0 Å². The lowest BCUT2D eigenvalue weighted by molar-refractivity contribution is 0.627. The molecule has 2 rings (SSSR count). The Kier molecular flexibility index (Phi) is 3.59. The van der Waals surface area contributed by atoms with E-state index in [1.165, 1.54) is 12.1 Å². The molecule has 0 heterocycles. The smallest absolute Gasteiger partial charge is 0.123 e. The molecule has 2 aromatic carbocycles. The van der Waals surface area contributed by atoms with Crippen molar-refractivity contribution in [2.24, 2.45) is 0 Å². The third-order valence-electron chi connectivity index (χ3n) is 2.78. The monoisotopic (exact) mass is 240 g/mol. The van der Waals surface area contributed by atoms with Crippen LogP contribution in [0.3, 0.4) is 0 Å². The van der Waals surface area contributed by atoms with Crippen LogP contribution in [0.4, 0.5) is 10.1 Å². The summed E-state index contributed by atoms with van der Waals surface area (Å²) in [6.45, 7) is 2.52. The summed E-state index contributed by atoms with van der Waals surface area (Å²) in [5.74, 6) is -0.243. The Labute approximate surface area is 106 Å². The van der Waals surface area contributed by atoms with Gasteiger partial charge in [-0.3, -0.25) is 0 Å². The van der Waals surface area contributed by atoms with Gasteiger partial charge in [0.15, 0.2) is 0 Å². The van der Waals surface area contributed by atoms with Gasteiger partial charge >= 0.3 is 0 Å². The molecule has 0 aliphatic heterocycles. The predicted molar refractivity (Wildman–Crippen MR) is 69.6 cm³/mol. The van der Waals surface area contributed by atoms with Gasteiger partial charge in [0, 0.05) is 6.54 Å². The van der Waals surface area contributed by atoms with E-state index in [1.807, 2.05) is 19.1 Å². The molecule has 18 heavy (non-hydrogen) atoms. The predicted octanol–water partition coefficient (Wildman–Crippen LogP) is 3.62. The first kappa shape index (κ1) is 12.1. The average Bonchev–Trinajstić information content (AvgIpc) is 2.39. The van der Waals surface area contributed by atoms with Crippen molar-refractivity contribution in [2.75, 3.05) is 5.32 Å². The van der Waals surface area contributed by atoms with Crippen LogP contribution >= 0.6 is 0 Å². The molecule has 0 aliphatic carbocycles. The van der Waals surface area contributed by atoms with E-state index in [2.05, 4.69) is 11.4 Å². The summed E-state index contributed by atoms with van der Waals surface area (Å²) in [6.07, 6.45) is 0. The van der Waals surface area contributed by atoms with Crippen molar-refractivity contribution in [3.05, 3.63) is 65.0 Å². The van der Waals surface area contributed by atoms with E-state index >= 15 is 0 Å². The Morgan fingerprint density at radius 1 is 1.17 bits per heavy atom. The zero-order valence-electron chi connectivity index (χ0n) is 10.1. The van der Waals surface area contributed by atoms with Crippen LogP contribution in [0, 0.1) is 24.1 Å². The van der Waals surface area contributed by atoms with Crippen LogP contribution in [0.1, 0.15) is 16.7 Å². The molecule has 90 valence electrons. The number of para-hydroxylation sites is 1. The SMILES string of the molecule is Cc1cccc(C#N)c1NCc1ccc(F)cc1. The normalized spacial score (nSPS) is 9.83. The highest BCUT2D eigenvalue weighted by Crippen LogP contribution is 2.20. The Bertz CT molecular complexity index is 582. The Hall–Kier alpha value is -2.34. The van der Waals surface area contributed by atoms with Crippen molar-refractivity contribution in [3.8, 4) is 6.07 Å². The Balaban J connectivity index is 2.16. The molecule has 0 unspecified atom stereocenters. The molecule has 0 fully saturated rings. The number of hydrogen-bond donors (Lipinski definition) is 1. The highest BCUT2D eigenvalue weighted by molar-refractivity contribution is 5.62. The first-order valence-corrected chi connectivity index (χ1v) is 5.69. The second kappa shape index (κ2) is 5.33. The van der Waals surface area contributed by atoms with E-state index in [0.29, 0.717) is 12.1 Å². The topological polar surface area (TPSA) is 35.8 Å². The highest BCUT2D eigenvalue weighted by Gasteiger charge is 2.04. The summed E-state index contributed by atoms with van der Waals surface area (Å²) in [7, 11) is 0. The molecule has 2 nitrogen and oxygen atoms in total. The minimum Gasteiger partial charge on any atom is -0.380 e. The van der Waals surface area contributed by atoms with Gasteiger partial charge in [-0.2, -0.15) is 5.26 Å². The maximum absolute atomic E-state index is 12.8. The summed E-state index contributed by atoms with van der Waals surface area (Å²) in [5, 5.41) is 12.3. The van der Waals surface area contributed by atoms with Gasteiger partial charge in [-0.1, -0.05) is 24.3 Å². The fraction of sp³-hybridized carbons (Fsp3) is 0.133. The molecule has 0 bridgehead atoms. The van der Waals surface area contributed by atoms with Crippen LogP contribution in [0.2, 0.25) is 0 Å². The zero-order chi connectivity index (χ0) is 13.0. The van der Waals surface area contributed by atoms with E-state index in [4.69, 9.17) is 5.26 Å².